The molecule has 3 rings (SSSR count). The van der Waals surface area contributed by atoms with E-state index in [0.29, 0.717) is 19.4 Å². The maximum atomic E-state index is 13.4. The number of rotatable bonds is 9. The summed E-state index contributed by atoms with van der Waals surface area (Å²) in [5.41, 5.74) is 3.34. The number of benzene rings is 3. The van der Waals surface area contributed by atoms with Crippen LogP contribution in [0.4, 0.5) is 0 Å². The first-order chi connectivity index (χ1) is 15.4. The second-order valence-corrected chi connectivity index (χ2v) is 8.58. The van der Waals surface area contributed by atoms with E-state index in [0.717, 1.165) is 23.1 Å². The Morgan fingerprint density at radius 1 is 0.906 bits per heavy atom. The molecule has 0 aliphatic heterocycles. The Kier molecular flexibility index (Phi) is 8.04. The van der Waals surface area contributed by atoms with E-state index >= 15 is 0 Å². The van der Waals surface area contributed by atoms with Crippen LogP contribution < -0.4 is 5.32 Å². The smallest absolute Gasteiger partial charge is 0.242 e. The maximum Gasteiger partial charge on any atom is 0.242 e. The van der Waals surface area contributed by atoms with Gasteiger partial charge in [-0.05, 0) is 61.1 Å². The molecule has 2 unspecified atom stereocenters. The van der Waals surface area contributed by atoms with Crippen LogP contribution in [0.1, 0.15) is 50.3 Å². The van der Waals surface area contributed by atoms with Crippen molar-refractivity contribution in [2.75, 3.05) is 0 Å². The third-order valence-corrected chi connectivity index (χ3v) is 6.26. The molecule has 0 bridgehead atoms. The normalized spacial score (nSPS) is 12.9. The van der Waals surface area contributed by atoms with Crippen molar-refractivity contribution in [2.45, 2.75) is 65.6 Å². The third-order valence-electron chi connectivity index (χ3n) is 6.26. The van der Waals surface area contributed by atoms with Gasteiger partial charge in [0.1, 0.15) is 6.04 Å². The Morgan fingerprint density at radius 2 is 1.56 bits per heavy atom. The minimum absolute atomic E-state index is 0.00649. The fourth-order valence-electron chi connectivity index (χ4n) is 3.91. The van der Waals surface area contributed by atoms with Gasteiger partial charge in [-0.3, -0.25) is 9.59 Å². The number of carbonyl (C=O) groups excluding carboxylic acids is 2. The number of hydrogen-bond donors (Lipinski definition) is 1. The molecule has 0 radical (unpaired) electrons. The summed E-state index contributed by atoms with van der Waals surface area (Å²) < 4.78 is 0. The van der Waals surface area contributed by atoms with Gasteiger partial charge in [-0.25, -0.2) is 0 Å². The first-order valence-corrected chi connectivity index (χ1v) is 11.5. The monoisotopic (exact) mass is 430 g/mol. The van der Waals surface area contributed by atoms with E-state index in [1.807, 2.05) is 70.2 Å². The van der Waals surface area contributed by atoms with E-state index in [1.165, 1.54) is 10.8 Å². The van der Waals surface area contributed by atoms with Gasteiger partial charge in [0, 0.05) is 19.0 Å². The van der Waals surface area contributed by atoms with Crippen LogP contribution in [-0.4, -0.2) is 28.8 Å². The standard InChI is InChI=1S/C28H34N2O2/c1-5-21(3)29-28(32)22(4)30(19-25-13-7-6-11-20(25)2)27(31)18-17-24-15-10-14-23-12-8-9-16-26(23)24/h6-16,21-22H,5,17-19H2,1-4H3,(H,29,32). The van der Waals surface area contributed by atoms with Gasteiger partial charge in [0.05, 0.1) is 0 Å². The summed E-state index contributed by atoms with van der Waals surface area (Å²) in [6, 6.07) is 22.0. The number of nitrogens with one attached hydrogen (secondary N) is 1. The Labute approximate surface area is 191 Å². The molecule has 0 saturated carbocycles. The zero-order valence-corrected chi connectivity index (χ0v) is 19.6. The van der Waals surface area contributed by atoms with Gasteiger partial charge < -0.3 is 10.2 Å². The summed E-state index contributed by atoms with van der Waals surface area (Å²) in [6.07, 6.45) is 1.86. The lowest BCUT2D eigenvalue weighted by molar-refractivity contribution is -0.140. The Hall–Kier alpha value is -3.14. The average Bonchev–Trinajstić information content (AvgIpc) is 2.81. The van der Waals surface area contributed by atoms with Gasteiger partial charge in [0.15, 0.2) is 0 Å². The van der Waals surface area contributed by atoms with Crippen LogP contribution in [0.15, 0.2) is 66.7 Å². The first-order valence-electron chi connectivity index (χ1n) is 11.5. The van der Waals surface area contributed by atoms with Crippen LogP contribution >= 0.6 is 0 Å². The number of fused-ring (bicyclic) bond motifs is 1. The van der Waals surface area contributed by atoms with Crippen molar-refractivity contribution >= 4 is 22.6 Å². The first kappa shape index (κ1) is 23.5. The minimum Gasteiger partial charge on any atom is -0.352 e. The van der Waals surface area contributed by atoms with Crippen LogP contribution in [0.2, 0.25) is 0 Å². The average molecular weight is 431 g/mol. The van der Waals surface area contributed by atoms with Crippen molar-refractivity contribution in [3.63, 3.8) is 0 Å². The van der Waals surface area contributed by atoms with Crippen LogP contribution in [0.3, 0.4) is 0 Å². The molecule has 1 N–H and O–H groups in total. The number of carbonyl (C=O) groups is 2. The molecule has 2 atom stereocenters. The summed E-state index contributed by atoms with van der Waals surface area (Å²) in [4.78, 5) is 28.0. The summed E-state index contributed by atoms with van der Waals surface area (Å²) in [6.45, 7) is 8.31. The molecular weight excluding hydrogens is 396 g/mol. The minimum atomic E-state index is -0.538. The second kappa shape index (κ2) is 10.9. The molecule has 0 saturated heterocycles. The fourth-order valence-corrected chi connectivity index (χ4v) is 3.91. The van der Waals surface area contributed by atoms with Crippen molar-refractivity contribution in [1.82, 2.24) is 10.2 Å². The molecule has 168 valence electrons. The van der Waals surface area contributed by atoms with Crippen molar-refractivity contribution in [3.8, 4) is 0 Å². The van der Waals surface area contributed by atoms with Gasteiger partial charge in [-0.2, -0.15) is 0 Å². The van der Waals surface area contributed by atoms with E-state index in [2.05, 4.69) is 29.6 Å². The highest BCUT2D eigenvalue weighted by atomic mass is 16.2. The largest absolute Gasteiger partial charge is 0.352 e. The third kappa shape index (κ3) is 5.76. The number of hydrogen-bond acceptors (Lipinski definition) is 2. The van der Waals surface area contributed by atoms with E-state index in [-0.39, 0.29) is 17.9 Å². The predicted molar refractivity (Wildman–Crippen MR) is 131 cm³/mol. The summed E-state index contributed by atoms with van der Waals surface area (Å²) in [7, 11) is 0. The van der Waals surface area contributed by atoms with Crippen LogP contribution in [0, 0.1) is 6.92 Å². The SMILES string of the molecule is CCC(C)NC(=O)C(C)N(Cc1ccccc1C)C(=O)CCc1cccc2ccccc12. The van der Waals surface area contributed by atoms with Crippen LogP contribution in [0.25, 0.3) is 10.8 Å². The molecule has 0 heterocycles. The molecule has 0 fully saturated rings. The Balaban J connectivity index is 1.80. The van der Waals surface area contributed by atoms with Crippen molar-refractivity contribution in [1.29, 1.82) is 0 Å². The van der Waals surface area contributed by atoms with E-state index in [1.54, 1.807) is 4.90 Å². The number of nitrogens with zero attached hydrogens (tertiary/aromatic N) is 1. The quantitative estimate of drug-likeness (QED) is 0.493. The topological polar surface area (TPSA) is 49.4 Å². The van der Waals surface area contributed by atoms with E-state index < -0.39 is 6.04 Å². The highest BCUT2D eigenvalue weighted by Crippen LogP contribution is 2.21. The summed E-state index contributed by atoms with van der Waals surface area (Å²) >= 11 is 0. The Bertz CT molecular complexity index is 1070. The van der Waals surface area contributed by atoms with Crippen LogP contribution in [-0.2, 0) is 22.6 Å². The Morgan fingerprint density at radius 3 is 2.31 bits per heavy atom. The molecule has 4 heteroatoms. The summed E-state index contributed by atoms with van der Waals surface area (Å²) in [5.74, 6) is -0.112. The van der Waals surface area contributed by atoms with Gasteiger partial charge in [-0.1, -0.05) is 73.7 Å². The number of aryl methyl sites for hydroxylation is 2. The predicted octanol–water partition coefficient (Wildman–Crippen LogP) is 5.41. The number of amides is 2. The van der Waals surface area contributed by atoms with Crippen molar-refractivity contribution in [3.05, 3.63) is 83.4 Å². The van der Waals surface area contributed by atoms with Crippen molar-refractivity contribution < 1.29 is 9.59 Å². The molecular formula is C28H34N2O2. The summed E-state index contributed by atoms with van der Waals surface area (Å²) in [5, 5.41) is 5.38. The molecule has 0 aliphatic rings. The van der Waals surface area contributed by atoms with Crippen LogP contribution in [0.5, 0.6) is 0 Å². The highest BCUT2D eigenvalue weighted by molar-refractivity contribution is 5.89. The lowest BCUT2D eigenvalue weighted by Gasteiger charge is -2.30. The molecule has 32 heavy (non-hydrogen) atoms. The van der Waals surface area contributed by atoms with Gasteiger partial charge in [-0.15, -0.1) is 0 Å². The van der Waals surface area contributed by atoms with E-state index in [4.69, 9.17) is 0 Å². The molecule has 4 nitrogen and oxygen atoms in total. The lowest BCUT2D eigenvalue weighted by atomic mass is 10.00. The molecule has 3 aromatic carbocycles. The van der Waals surface area contributed by atoms with E-state index in [9.17, 15) is 9.59 Å². The molecule has 2 amide bonds. The fraction of sp³-hybridized carbons (Fsp3) is 0.357. The molecule has 0 aliphatic carbocycles. The molecule has 3 aromatic rings. The maximum absolute atomic E-state index is 13.4. The van der Waals surface area contributed by atoms with Crippen molar-refractivity contribution in [2.24, 2.45) is 0 Å². The second-order valence-electron chi connectivity index (χ2n) is 8.58. The molecule has 0 spiro atoms. The zero-order chi connectivity index (χ0) is 23.1. The molecule has 0 aromatic heterocycles. The lowest BCUT2D eigenvalue weighted by Crippen LogP contribution is -2.49. The van der Waals surface area contributed by atoms with Gasteiger partial charge >= 0.3 is 0 Å². The van der Waals surface area contributed by atoms with Gasteiger partial charge in [0.2, 0.25) is 11.8 Å². The zero-order valence-electron chi connectivity index (χ0n) is 19.6. The highest BCUT2D eigenvalue weighted by Gasteiger charge is 2.27. The van der Waals surface area contributed by atoms with Gasteiger partial charge in [0.25, 0.3) is 0 Å².